The maximum atomic E-state index is 11.2. The number of hydrogen-bond acceptors (Lipinski definition) is 3. The fourth-order valence-electron chi connectivity index (χ4n) is 2.77. The predicted octanol–water partition coefficient (Wildman–Crippen LogP) is 3.00. The van der Waals surface area contributed by atoms with Gasteiger partial charge in [-0.2, -0.15) is 8.42 Å². The van der Waals surface area contributed by atoms with Crippen LogP contribution < -0.4 is 4.90 Å². The molecule has 1 N–H and O–H groups in total. The summed E-state index contributed by atoms with van der Waals surface area (Å²) in [5, 5.41) is 0. The van der Waals surface area contributed by atoms with Crippen molar-refractivity contribution in [3.63, 3.8) is 0 Å². The largest absolute Gasteiger partial charge is 0.363 e. The summed E-state index contributed by atoms with van der Waals surface area (Å²) < 4.78 is 31.5. The molecule has 20 heavy (non-hydrogen) atoms. The Bertz CT molecular complexity index is 623. The average molecular weight is 318 g/mol. The van der Waals surface area contributed by atoms with Crippen LogP contribution in [0.2, 0.25) is 0 Å². The second-order valence-electron chi connectivity index (χ2n) is 5.31. The number of likely N-dealkylation sites (N-methyl/N-ethyl adjacent to an activating group) is 1. The summed E-state index contributed by atoms with van der Waals surface area (Å²) >= 11 is 0. The van der Waals surface area contributed by atoms with Crippen LogP contribution in [0.15, 0.2) is 30.3 Å². The second kappa shape index (κ2) is 5.76. The number of rotatable bonds is 3. The Hall–Kier alpha value is -1.04. The molecule has 0 fully saturated rings. The molecule has 0 radical (unpaired) electrons. The highest BCUT2D eigenvalue weighted by molar-refractivity contribution is 7.86. The zero-order chi connectivity index (χ0) is 14.3. The molecule has 1 aliphatic rings. The van der Waals surface area contributed by atoms with E-state index in [1.807, 2.05) is 44.2 Å². The Kier molecular flexibility index (Phi) is 4.90. The molecule has 0 aliphatic carbocycles. The van der Waals surface area contributed by atoms with Crippen molar-refractivity contribution < 1.29 is 13.0 Å². The first kappa shape index (κ1) is 17.0. The molecule has 0 amide bonds. The van der Waals surface area contributed by atoms with Crippen molar-refractivity contribution in [2.24, 2.45) is 0 Å². The molecule has 1 aliphatic heterocycles. The van der Waals surface area contributed by atoms with Gasteiger partial charge in [-0.25, -0.2) is 0 Å². The highest BCUT2D eigenvalue weighted by Gasteiger charge is 2.32. The fourth-order valence-corrected chi connectivity index (χ4v) is 3.40. The molecule has 0 saturated carbocycles. The Balaban J connectivity index is 0.00000200. The lowest BCUT2D eigenvalue weighted by Gasteiger charge is -2.43. The summed E-state index contributed by atoms with van der Waals surface area (Å²) in [5.74, 6) is -0.342. The SMILES string of the molecule is CCN1c2ccccc2C(CS(=O)(=O)O)=CC1(C)C.Cl. The predicted molar refractivity (Wildman–Crippen MR) is 85.2 cm³/mol. The van der Waals surface area contributed by atoms with Crippen molar-refractivity contribution in [3.8, 4) is 0 Å². The summed E-state index contributed by atoms with van der Waals surface area (Å²) in [4.78, 5) is 2.22. The van der Waals surface area contributed by atoms with E-state index in [0.29, 0.717) is 5.57 Å². The molecular formula is C14H20ClNO3S. The number of halogens is 1. The van der Waals surface area contributed by atoms with Crippen LogP contribution in [0, 0.1) is 0 Å². The van der Waals surface area contributed by atoms with Gasteiger partial charge in [0.1, 0.15) is 5.75 Å². The summed E-state index contributed by atoms with van der Waals surface area (Å²) in [6, 6.07) is 7.69. The molecule has 4 nitrogen and oxygen atoms in total. The maximum absolute atomic E-state index is 11.2. The van der Waals surface area contributed by atoms with Gasteiger partial charge >= 0.3 is 0 Å². The molecule has 1 aromatic rings. The molecule has 0 atom stereocenters. The third-order valence-electron chi connectivity index (χ3n) is 3.42. The first-order valence-electron chi connectivity index (χ1n) is 6.28. The highest BCUT2D eigenvalue weighted by atomic mass is 35.5. The molecule has 0 saturated heterocycles. The smallest absolute Gasteiger partial charge is 0.269 e. The van der Waals surface area contributed by atoms with Gasteiger partial charge in [-0.3, -0.25) is 4.55 Å². The van der Waals surface area contributed by atoms with Crippen LogP contribution in [0.1, 0.15) is 26.3 Å². The lowest BCUT2D eigenvalue weighted by Crippen LogP contribution is -2.45. The van der Waals surface area contributed by atoms with E-state index in [2.05, 4.69) is 11.8 Å². The van der Waals surface area contributed by atoms with Crippen LogP contribution in [0.5, 0.6) is 0 Å². The topological polar surface area (TPSA) is 57.6 Å². The van der Waals surface area contributed by atoms with E-state index in [1.54, 1.807) is 0 Å². The summed E-state index contributed by atoms with van der Waals surface area (Å²) in [5.41, 5.74) is 2.27. The summed E-state index contributed by atoms with van der Waals surface area (Å²) in [6.45, 7) is 6.98. The van der Waals surface area contributed by atoms with Crippen molar-refractivity contribution in [2.45, 2.75) is 26.3 Å². The van der Waals surface area contributed by atoms with Crippen molar-refractivity contribution in [1.82, 2.24) is 0 Å². The first-order chi connectivity index (χ1) is 8.74. The number of fused-ring (bicyclic) bond motifs is 1. The van der Waals surface area contributed by atoms with Crippen LogP contribution in [0.3, 0.4) is 0 Å². The van der Waals surface area contributed by atoms with Gasteiger partial charge in [-0.1, -0.05) is 24.3 Å². The van der Waals surface area contributed by atoms with E-state index < -0.39 is 10.1 Å². The summed E-state index contributed by atoms with van der Waals surface area (Å²) in [7, 11) is -4.03. The Morgan fingerprint density at radius 3 is 2.40 bits per heavy atom. The fraction of sp³-hybridized carbons (Fsp3) is 0.429. The molecule has 1 aromatic carbocycles. The van der Waals surface area contributed by atoms with Gasteiger partial charge in [0.05, 0.1) is 5.54 Å². The normalized spacial score (nSPS) is 17.0. The van der Waals surface area contributed by atoms with Gasteiger partial charge in [0.2, 0.25) is 0 Å². The van der Waals surface area contributed by atoms with E-state index in [9.17, 15) is 8.42 Å². The van der Waals surface area contributed by atoms with Crippen molar-refractivity contribution in [3.05, 3.63) is 35.9 Å². The first-order valence-corrected chi connectivity index (χ1v) is 7.89. The van der Waals surface area contributed by atoms with Crippen molar-refractivity contribution in [1.29, 1.82) is 0 Å². The quantitative estimate of drug-likeness (QED) is 0.871. The number of hydrogen-bond donors (Lipinski definition) is 1. The van der Waals surface area contributed by atoms with Gasteiger partial charge in [0.15, 0.2) is 0 Å². The van der Waals surface area contributed by atoms with Crippen LogP contribution in [0.25, 0.3) is 5.57 Å². The van der Waals surface area contributed by atoms with E-state index >= 15 is 0 Å². The van der Waals surface area contributed by atoms with E-state index in [0.717, 1.165) is 17.8 Å². The van der Waals surface area contributed by atoms with Gasteiger partial charge in [-0.15, -0.1) is 12.4 Å². The number of anilines is 1. The Labute approximate surface area is 126 Å². The Morgan fingerprint density at radius 1 is 1.25 bits per heavy atom. The van der Waals surface area contributed by atoms with E-state index in [1.165, 1.54) is 0 Å². The maximum Gasteiger partial charge on any atom is 0.269 e. The molecule has 2 rings (SSSR count). The third kappa shape index (κ3) is 3.34. The minimum Gasteiger partial charge on any atom is -0.363 e. The molecule has 112 valence electrons. The lowest BCUT2D eigenvalue weighted by atomic mass is 9.89. The molecule has 1 heterocycles. The molecule has 0 aromatic heterocycles. The van der Waals surface area contributed by atoms with Gasteiger partial charge in [0.25, 0.3) is 10.1 Å². The number of para-hydroxylation sites is 1. The molecular weight excluding hydrogens is 298 g/mol. The van der Waals surface area contributed by atoms with Crippen LogP contribution in [-0.2, 0) is 10.1 Å². The van der Waals surface area contributed by atoms with Crippen molar-refractivity contribution in [2.75, 3.05) is 17.2 Å². The molecule has 0 unspecified atom stereocenters. The molecule has 0 spiro atoms. The van der Waals surface area contributed by atoms with Crippen LogP contribution in [0.4, 0.5) is 5.69 Å². The van der Waals surface area contributed by atoms with Crippen LogP contribution in [-0.4, -0.2) is 30.8 Å². The highest BCUT2D eigenvalue weighted by Crippen LogP contribution is 2.38. The Morgan fingerprint density at radius 2 is 1.85 bits per heavy atom. The van der Waals surface area contributed by atoms with Crippen LogP contribution >= 0.6 is 12.4 Å². The minimum atomic E-state index is -4.03. The van der Waals surface area contributed by atoms with Crippen molar-refractivity contribution >= 4 is 33.8 Å². The van der Waals surface area contributed by atoms with Gasteiger partial charge in [-0.05, 0) is 32.4 Å². The average Bonchev–Trinajstić information content (AvgIpc) is 2.26. The molecule has 0 bridgehead atoms. The van der Waals surface area contributed by atoms with E-state index in [4.69, 9.17) is 4.55 Å². The zero-order valence-electron chi connectivity index (χ0n) is 11.8. The second-order valence-corrected chi connectivity index (χ2v) is 6.76. The van der Waals surface area contributed by atoms with Gasteiger partial charge < -0.3 is 4.90 Å². The number of nitrogens with zero attached hydrogens (tertiary/aromatic N) is 1. The van der Waals surface area contributed by atoms with E-state index in [-0.39, 0.29) is 23.7 Å². The molecule has 6 heteroatoms. The lowest BCUT2D eigenvalue weighted by molar-refractivity contribution is 0.487. The minimum absolute atomic E-state index is 0. The summed E-state index contributed by atoms with van der Waals surface area (Å²) in [6.07, 6.45) is 1.92. The third-order valence-corrected chi connectivity index (χ3v) is 4.09. The number of benzene rings is 1. The monoisotopic (exact) mass is 317 g/mol. The zero-order valence-corrected chi connectivity index (χ0v) is 13.5. The van der Waals surface area contributed by atoms with Gasteiger partial charge in [0, 0.05) is 17.8 Å². The standard InChI is InChI=1S/C14H19NO3S.ClH/c1-4-15-13-8-6-5-7-12(13)11(9-14(15,2)3)10-19(16,17)18;/h5-9H,4,10H2,1-3H3,(H,16,17,18);1H.